The first kappa shape index (κ1) is 6.18. The largest absolute Gasteiger partial charge is 0.412 e. The molecule has 0 saturated carbocycles. The van der Waals surface area contributed by atoms with Crippen LogP contribution in [0.15, 0.2) is 36.4 Å². The van der Waals surface area contributed by atoms with Crippen molar-refractivity contribution in [2.75, 3.05) is 0 Å². The van der Waals surface area contributed by atoms with E-state index in [1.165, 1.54) is 0 Å². The minimum atomic E-state index is 0. The average molecular weight is 96.1 g/mol. The van der Waals surface area contributed by atoms with Gasteiger partial charge in [-0.25, -0.2) is 0 Å². The first-order valence-corrected chi connectivity index (χ1v) is 2.00. The summed E-state index contributed by atoms with van der Waals surface area (Å²) in [6.45, 7) is 0. The van der Waals surface area contributed by atoms with Gasteiger partial charge in [0.1, 0.15) is 0 Å². The van der Waals surface area contributed by atoms with Gasteiger partial charge < -0.3 is 5.48 Å². The van der Waals surface area contributed by atoms with Crippen molar-refractivity contribution in [3.8, 4) is 0 Å². The van der Waals surface area contributed by atoms with Crippen molar-refractivity contribution >= 4 is 0 Å². The van der Waals surface area contributed by atoms with Gasteiger partial charge in [-0.15, -0.1) is 0 Å². The summed E-state index contributed by atoms with van der Waals surface area (Å²) in [5, 5.41) is 0. The minimum Gasteiger partial charge on any atom is -0.412 e. The molecular formula is C6H8O. The first-order chi connectivity index (χ1) is 3.00. The Balaban J connectivity index is 0.000000360. The predicted molar refractivity (Wildman–Crippen MR) is 30.1 cm³/mol. The van der Waals surface area contributed by atoms with Gasteiger partial charge in [0.25, 0.3) is 0 Å². The number of hydrogen-bond acceptors (Lipinski definition) is 0. The summed E-state index contributed by atoms with van der Waals surface area (Å²) in [7, 11) is 0. The normalized spacial score (nSPS) is 6.86. The second-order valence-corrected chi connectivity index (χ2v) is 1.15. The van der Waals surface area contributed by atoms with Gasteiger partial charge in [-0.05, 0) is 0 Å². The van der Waals surface area contributed by atoms with E-state index in [1.54, 1.807) is 0 Å². The fraction of sp³-hybridized carbons (Fsp3) is 0. The van der Waals surface area contributed by atoms with Crippen LogP contribution in [0.25, 0.3) is 0 Å². The van der Waals surface area contributed by atoms with Crippen LogP contribution in [-0.4, -0.2) is 5.48 Å². The predicted octanol–water partition coefficient (Wildman–Crippen LogP) is 0.862. The molecule has 0 bridgehead atoms. The van der Waals surface area contributed by atoms with Gasteiger partial charge in [0.05, 0.1) is 0 Å². The van der Waals surface area contributed by atoms with E-state index >= 15 is 0 Å². The molecule has 0 atom stereocenters. The second kappa shape index (κ2) is 3.37. The van der Waals surface area contributed by atoms with Gasteiger partial charge in [0.2, 0.25) is 0 Å². The molecule has 7 heavy (non-hydrogen) atoms. The Labute approximate surface area is 42.9 Å². The summed E-state index contributed by atoms with van der Waals surface area (Å²) in [4.78, 5) is 0. The van der Waals surface area contributed by atoms with Crippen LogP contribution < -0.4 is 0 Å². The van der Waals surface area contributed by atoms with Crippen molar-refractivity contribution in [1.82, 2.24) is 0 Å². The highest BCUT2D eigenvalue weighted by Crippen LogP contribution is 1.79. The van der Waals surface area contributed by atoms with Crippen LogP contribution >= 0.6 is 0 Å². The zero-order chi connectivity index (χ0) is 4.24. The maximum Gasteiger partial charge on any atom is -0.0623 e. The molecule has 0 saturated heterocycles. The molecule has 0 aromatic heterocycles. The van der Waals surface area contributed by atoms with E-state index in [1.807, 2.05) is 36.4 Å². The summed E-state index contributed by atoms with van der Waals surface area (Å²) in [6.07, 6.45) is 0. The molecular weight excluding hydrogens is 88.1 g/mol. The van der Waals surface area contributed by atoms with Gasteiger partial charge in [-0.2, -0.15) is 0 Å². The van der Waals surface area contributed by atoms with E-state index in [-0.39, 0.29) is 5.48 Å². The Morgan fingerprint density at radius 1 is 0.429 bits per heavy atom. The maximum absolute atomic E-state index is 2.00. The van der Waals surface area contributed by atoms with E-state index in [2.05, 4.69) is 0 Å². The van der Waals surface area contributed by atoms with Crippen LogP contribution in [0.3, 0.4) is 0 Å². The van der Waals surface area contributed by atoms with Crippen LogP contribution in [0.4, 0.5) is 0 Å². The summed E-state index contributed by atoms with van der Waals surface area (Å²) >= 11 is 0. The molecule has 0 aliphatic carbocycles. The molecule has 0 aliphatic heterocycles. The molecule has 2 N–H and O–H groups in total. The van der Waals surface area contributed by atoms with Crippen LogP contribution in [-0.2, 0) is 0 Å². The summed E-state index contributed by atoms with van der Waals surface area (Å²) in [5.41, 5.74) is 0. The highest BCUT2D eigenvalue weighted by Gasteiger charge is 1.57. The quantitative estimate of drug-likeness (QED) is 0.459. The van der Waals surface area contributed by atoms with Crippen molar-refractivity contribution in [3.05, 3.63) is 36.4 Å². The molecule has 0 unspecified atom stereocenters. The van der Waals surface area contributed by atoms with Crippen LogP contribution in [0.1, 0.15) is 0 Å². The molecule has 0 aliphatic rings. The van der Waals surface area contributed by atoms with Crippen molar-refractivity contribution in [2.24, 2.45) is 0 Å². The Morgan fingerprint density at radius 3 is 0.714 bits per heavy atom. The molecule has 1 aromatic rings. The molecule has 0 spiro atoms. The first-order valence-electron chi connectivity index (χ1n) is 2.00. The van der Waals surface area contributed by atoms with E-state index in [9.17, 15) is 0 Å². The van der Waals surface area contributed by atoms with Crippen LogP contribution in [0.2, 0.25) is 0 Å². The molecule has 0 heterocycles. The van der Waals surface area contributed by atoms with E-state index in [0.29, 0.717) is 0 Å². The third kappa shape index (κ3) is 1.95. The van der Waals surface area contributed by atoms with Crippen molar-refractivity contribution < 1.29 is 5.48 Å². The SMILES string of the molecule is O.c1ccccc1. The maximum atomic E-state index is 2.00. The molecule has 1 nitrogen and oxygen atoms in total. The van der Waals surface area contributed by atoms with E-state index in [0.717, 1.165) is 0 Å². The molecule has 0 fully saturated rings. The molecule has 0 amide bonds. The third-order valence-electron chi connectivity index (χ3n) is 0.667. The molecule has 1 aromatic carbocycles. The summed E-state index contributed by atoms with van der Waals surface area (Å²) in [5.74, 6) is 0. The lowest BCUT2D eigenvalue weighted by Crippen LogP contribution is -1.47. The number of hydrogen-bond donors (Lipinski definition) is 0. The van der Waals surface area contributed by atoms with Gasteiger partial charge in [0.15, 0.2) is 0 Å². The van der Waals surface area contributed by atoms with Gasteiger partial charge in [-0.1, -0.05) is 36.4 Å². The monoisotopic (exact) mass is 96.1 g/mol. The highest BCUT2D eigenvalue weighted by atomic mass is 16.0. The molecule has 0 radical (unpaired) electrons. The lowest BCUT2D eigenvalue weighted by molar-refractivity contribution is 0.824. The highest BCUT2D eigenvalue weighted by molar-refractivity contribution is 4.99. The van der Waals surface area contributed by atoms with Crippen molar-refractivity contribution in [1.29, 1.82) is 0 Å². The standard InChI is InChI=1S/C6H6.H2O/c1-2-4-6-5-3-1;/h1-6H;1H2. The number of rotatable bonds is 0. The Bertz CT molecular complexity index is 76.1. The fourth-order valence-corrected chi connectivity index (χ4v) is 0.385. The second-order valence-electron chi connectivity index (χ2n) is 1.15. The smallest absolute Gasteiger partial charge is 0.0623 e. The van der Waals surface area contributed by atoms with Crippen molar-refractivity contribution in [3.63, 3.8) is 0 Å². The van der Waals surface area contributed by atoms with Crippen LogP contribution in [0, 0.1) is 0 Å². The zero-order valence-corrected chi connectivity index (χ0v) is 3.96. The van der Waals surface area contributed by atoms with Crippen LogP contribution in [0.5, 0.6) is 0 Å². The molecule has 38 valence electrons. The average Bonchev–Trinajstić information content (AvgIpc) is 1.72. The Morgan fingerprint density at radius 2 is 0.571 bits per heavy atom. The summed E-state index contributed by atoms with van der Waals surface area (Å²) < 4.78 is 0. The Kier molecular flexibility index (Phi) is 2.98. The third-order valence-corrected chi connectivity index (χ3v) is 0.667. The summed E-state index contributed by atoms with van der Waals surface area (Å²) in [6, 6.07) is 12.0. The lowest BCUT2D eigenvalue weighted by atomic mass is 10.4. The lowest BCUT2D eigenvalue weighted by Gasteiger charge is -1.69. The molecule has 1 rings (SSSR count). The zero-order valence-electron chi connectivity index (χ0n) is 3.96. The van der Waals surface area contributed by atoms with Gasteiger partial charge in [0, 0.05) is 0 Å². The molecule has 1 heteroatoms. The van der Waals surface area contributed by atoms with Gasteiger partial charge >= 0.3 is 0 Å². The Hall–Kier alpha value is -0.820. The minimum absolute atomic E-state index is 0. The topological polar surface area (TPSA) is 31.5 Å². The number of benzene rings is 1. The van der Waals surface area contributed by atoms with E-state index in [4.69, 9.17) is 0 Å². The van der Waals surface area contributed by atoms with Crippen molar-refractivity contribution in [2.45, 2.75) is 0 Å². The van der Waals surface area contributed by atoms with E-state index < -0.39 is 0 Å². The fourth-order valence-electron chi connectivity index (χ4n) is 0.385. The van der Waals surface area contributed by atoms with Gasteiger partial charge in [-0.3, -0.25) is 0 Å².